The lowest BCUT2D eigenvalue weighted by molar-refractivity contribution is 0.476. The molecule has 2 rings (SSSR count). The van der Waals surface area contributed by atoms with E-state index in [4.69, 9.17) is 0 Å². The summed E-state index contributed by atoms with van der Waals surface area (Å²) in [6.07, 6.45) is 1.05. The molecule has 0 saturated heterocycles. The van der Waals surface area contributed by atoms with E-state index in [0.717, 1.165) is 17.3 Å². The van der Waals surface area contributed by atoms with E-state index >= 15 is 0 Å². The van der Waals surface area contributed by atoms with Crippen LogP contribution in [0.3, 0.4) is 0 Å². The van der Waals surface area contributed by atoms with Gasteiger partial charge in [-0.15, -0.1) is 0 Å². The first kappa shape index (κ1) is 9.13. The van der Waals surface area contributed by atoms with Crippen LogP contribution in [-0.2, 0) is 6.42 Å². The van der Waals surface area contributed by atoms with Gasteiger partial charge in [0.2, 0.25) is 0 Å². The van der Waals surface area contributed by atoms with E-state index < -0.39 is 0 Å². The van der Waals surface area contributed by atoms with Gasteiger partial charge in [-0.3, -0.25) is 0 Å². The van der Waals surface area contributed by atoms with Crippen LogP contribution in [0.4, 0.5) is 0 Å². The fourth-order valence-corrected chi connectivity index (χ4v) is 1.73. The third kappa shape index (κ3) is 1.74. The second kappa shape index (κ2) is 3.37. The summed E-state index contributed by atoms with van der Waals surface area (Å²) in [7, 11) is 0. The predicted octanol–water partition coefficient (Wildman–Crippen LogP) is 3.07. The molecule has 2 aromatic rings. The summed E-state index contributed by atoms with van der Waals surface area (Å²) < 4.78 is 0. The van der Waals surface area contributed by atoms with Gasteiger partial charge >= 0.3 is 0 Å². The highest BCUT2D eigenvalue weighted by Crippen LogP contribution is 2.21. The number of hydrogen-bond donors (Lipinski definition) is 2. The maximum Gasteiger partial charge on any atom is 0.116 e. The Balaban J connectivity index is 2.41. The first-order valence-electron chi connectivity index (χ1n) is 4.96. The topological polar surface area (TPSA) is 36.0 Å². The third-order valence-corrected chi connectivity index (χ3v) is 2.29. The molecule has 0 aliphatic rings. The van der Waals surface area contributed by atoms with Crippen molar-refractivity contribution in [2.45, 2.75) is 20.3 Å². The molecule has 2 heteroatoms. The van der Waals surface area contributed by atoms with Crippen LogP contribution in [0.2, 0.25) is 0 Å². The van der Waals surface area contributed by atoms with Crippen LogP contribution in [0.15, 0.2) is 24.3 Å². The molecule has 2 N–H and O–H groups in total. The molecule has 0 radical (unpaired) electrons. The van der Waals surface area contributed by atoms with Crippen LogP contribution < -0.4 is 0 Å². The molecule has 0 unspecified atom stereocenters. The third-order valence-electron chi connectivity index (χ3n) is 2.29. The Morgan fingerprint density at radius 3 is 2.79 bits per heavy atom. The van der Waals surface area contributed by atoms with Gasteiger partial charge in [-0.2, -0.15) is 0 Å². The maximum absolute atomic E-state index is 9.31. The van der Waals surface area contributed by atoms with E-state index in [1.165, 1.54) is 5.69 Å². The summed E-state index contributed by atoms with van der Waals surface area (Å²) in [6.45, 7) is 4.39. The Morgan fingerprint density at radius 1 is 1.29 bits per heavy atom. The zero-order chi connectivity index (χ0) is 10.1. The molecular formula is C12H15NO. The van der Waals surface area contributed by atoms with Crippen molar-refractivity contribution < 1.29 is 5.11 Å². The second-order valence-corrected chi connectivity index (χ2v) is 4.16. The van der Waals surface area contributed by atoms with E-state index in [1.807, 2.05) is 6.07 Å². The highest BCUT2D eigenvalue weighted by atomic mass is 16.3. The number of rotatable bonds is 2. The summed E-state index contributed by atoms with van der Waals surface area (Å²) >= 11 is 0. The Kier molecular flexibility index (Phi) is 2.20. The molecule has 1 aromatic heterocycles. The zero-order valence-electron chi connectivity index (χ0n) is 8.54. The van der Waals surface area contributed by atoms with E-state index in [-0.39, 0.29) is 0 Å². The van der Waals surface area contributed by atoms with Crippen LogP contribution in [0, 0.1) is 5.92 Å². The van der Waals surface area contributed by atoms with Gasteiger partial charge in [0.05, 0.1) is 0 Å². The maximum atomic E-state index is 9.31. The minimum atomic E-state index is 0.326. The molecule has 0 aliphatic carbocycles. The standard InChI is InChI=1S/C12H15NO/c1-8(2)5-10-6-9-7-11(14)3-4-12(9)13-10/h3-4,6-8,13-14H,5H2,1-2H3. The molecular weight excluding hydrogens is 174 g/mol. The fourth-order valence-electron chi connectivity index (χ4n) is 1.73. The van der Waals surface area contributed by atoms with Crippen molar-refractivity contribution in [3.05, 3.63) is 30.0 Å². The number of nitrogens with one attached hydrogen (secondary N) is 1. The molecule has 0 fully saturated rings. The SMILES string of the molecule is CC(C)Cc1cc2cc(O)ccc2[nH]1. The summed E-state index contributed by atoms with van der Waals surface area (Å²) in [5.41, 5.74) is 2.33. The van der Waals surface area contributed by atoms with Crippen molar-refractivity contribution >= 4 is 10.9 Å². The van der Waals surface area contributed by atoms with E-state index in [0.29, 0.717) is 11.7 Å². The van der Waals surface area contributed by atoms with Gasteiger partial charge in [0.25, 0.3) is 0 Å². The van der Waals surface area contributed by atoms with Gasteiger partial charge in [-0.1, -0.05) is 13.8 Å². The van der Waals surface area contributed by atoms with Crippen molar-refractivity contribution in [2.24, 2.45) is 5.92 Å². The van der Waals surface area contributed by atoms with E-state index in [1.54, 1.807) is 12.1 Å². The number of phenolic OH excluding ortho intramolecular Hbond substituents is 1. The number of aromatic amines is 1. The lowest BCUT2D eigenvalue weighted by Gasteiger charge is -1.99. The molecule has 74 valence electrons. The molecule has 2 nitrogen and oxygen atoms in total. The number of aromatic hydroxyl groups is 1. The van der Waals surface area contributed by atoms with Gasteiger partial charge in [-0.25, -0.2) is 0 Å². The average molecular weight is 189 g/mol. The number of benzene rings is 1. The van der Waals surface area contributed by atoms with Crippen molar-refractivity contribution in [1.82, 2.24) is 4.98 Å². The molecule has 1 heterocycles. The zero-order valence-corrected chi connectivity index (χ0v) is 8.54. The number of phenols is 1. The Bertz CT molecular complexity index is 443. The smallest absolute Gasteiger partial charge is 0.116 e. The van der Waals surface area contributed by atoms with Gasteiger partial charge in [0, 0.05) is 16.6 Å². The Hall–Kier alpha value is -1.44. The fraction of sp³-hybridized carbons (Fsp3) is 0.333. The molecule has 0 aliphatic heterocycles. The molecule has 14 heavy (non-hydrogen) atoms. The number of fused-ring (bicyclic) bond motifs is 1. The first-order valence-corrected chi connectivity index (χ1v) is 4.96. The van der Waals surface area contributed by atoms with Crippen LogP contribution in [0.25, 0.3) is 10.9 Å². The second-order valence-electron chi connectivity index (χ2n) is 4.16. The normalized spacial score (nSPS) is 11.4. The van der Waals surface area contributed by atoms with Crippen molar-refractivity contribution in [2.75, 3.05) is 0 Å². The Morgan fingerprint density at radius 2 is 2.07 bits per heavy atom. The highest BCUT2D eigenvalue weighted by molar-refractivity contribution is 5.81. The summed E-state index contributed by atoms with van der Waals surface area (Å²) in [5, 5.41) is 10.4. The number of hydrogen-bond acceptors (Lipinski definition) is 1. The molecule has 0 amide bonds. The molecule has 0 saturated carbocycles. The lowest BCUT2D eigenvalue weighted by Crippen LogP contribution is -1.93. The number of aromatic nitrogens is 1. The largest absolute Gasteiger partial charge is 0.508 e. The molecule has 1 aromatic carbocycles. The van der Waals surface area contributed by atoms with Gasteiger partial charge in [0.1, 0.15) is 5.75 Å². The van der Waals surface area contributed by atoms with Crippen molar-refractivity contribution in [3.8, 4) is 5.75 Å². The van der Waals surface area contributed by atoms with Crippen LogP contribution in [0.5, 0.6) is 5.75 Å². The van der Waals surface area contributed by atoms with Crippen LogP contribution >= 0.6 is 0 Å². The summed E-state index contributed by atoms with van der Waals surface area (Å²) in [6, 6.07) is 7.51. The molecule has 0 atom stereocenters. The number of H-pyrrole nitrogens is 1. The van der Waals surface area contributed by atoms with Gasteiger partial charge < -0.3 is 10.1 Å². The minimum absolute atomic E-state index is 0.326. The molecule has 0 spiro atoms. The van der Waals surface area contributed by atoms with Crippen LogP contribution in [0.1, 0.15) is 19.5 Å². The Labute approximate surface area is 83.6 Å². The lowest BCUT2D eigenvalue weighted by atomic mass is 10.1. The monoisotopic (exact) mass is 189 g/mol. The quantitative estimate of drug-likeness (QED) is 0.748. The predicted molar refractivity (Wildman–Crippen MR) is 58.5 cm³/mol. The summed E-state index contributed by atoms with van der Waals surface area (Å²) in [4.78, 5) is 3.34. The summed E-state index contributed by atoms with van der Waals surface area (Å²) in [5.74, 6) is 0.976. The first-order chi connectivity index (χ1) is 6.65. The van der Waals surface area contributed by atoms with Gasteiger partial charge in [0.15, 0.2) is 0 Å². The molecule has 0 bridgehead atoms. The van der Waals surface area contributed by atoms with Crippen LogP contribution in [-0.4, -0.2) is 10.1 Å². The van der Waals surface area contributed by atoms with Gasteiger partial charge in [-0.05, 0) is 36.6 Å². The average Bonchev–Trinajstić information content (AvgIpc) is 2.44. The highest BCUT2D eigenvalue weighted by Gasteiger charge is 2.03. The van der Waals surface area contributed by atoms with Crippen molar-refractivity contribution in [1.29, 1.82) is 0 Å². The van der Waals surface area contributed by atoms with E-state index in [9.17, 15) is 5.11 Å². The van der Waals surface area contributed by atoms with E-state index in [2.05, 4.69) is 24.9 Å². The minimum Gasteiger partial charge on any atom is -0.508 e. The van der Waals surface area contributed by atoms with Crippen molar-refractivity contribution in [3.63, 3.8) is 0 Å².